The molecule has 0 radical (unpaired) electrons. The van der Waals surface area contributed by atoms with E-state index in [1.165, 1.54) is 0 Å². The number of halogens is 3. The van der Waals surface area contributed by atoms with Gasteiger partial charge in [0.25, 0.3) is 5.91 Å². The van der Waals surface area contributed by atoms with Crippen molar-refractivity contribution in [3.05, 3.63) is 33.8 Å². The molecule has 0 aliphatic rings. The quantitative estimate of drug-likeness (QED) is 0.804. The second kappa shape index (κ2) is 7.22. The fourth-order valence-electron chi connectivity index (χ4n) is 1.59. The molecule has 1 atom stereocenters. The number of alkyl halides is 1. The summed E-state index contributed by atoms with van der Waals surface area (Å²) in [5, 5.41) is 3.59. The van der Waals surface area contributed by atoms with Crippen LogP contribution in [0.4, 0.5) is 0 Å². The minimum Gasteiger partial charge on any atom is -0.351 e. The molecule has 0 aliphatic carbocycles. The Morgan fingerprint density at radius 2 is 1.78 bits per heavy atom. The van der Waals surface area contributed by atoms with E-state index in [-0.39, 0.29) is 11.3 Å². The molecule has 0 bridgehead atoms. The highest BCUT2D eigenvalue weighted by molar-refractivity contribution is 6.35. The Bertz CT molecular complexity index is 400. The molecule has 1 unspecified atom stereocenters. The van der Waals surface area contributed by atoms with Crippen LogP contribution in [0, 0.1) is 5.92 Å². The molecule has 0 spiro atoms. The summed E-state index contributed by atoms with van der Waals surface area (Å²) in [6.07, 6.45) is 0.859. The Morgan fingerprint density at radius 3 is 2.28 bits per heavy atom. The lowest BCUT2D eigenvalue weighted by Crippen LogP contribution is -2.30. The first-order chi connectivity index (χ1) is 8.38. The van der Waals surface area contributed by atoms with E-state index in [0.29, 0.717) is 28.1 Å². The lowest BCUT2D eigenvalue weighted by Gasteiger charge is -2.13. The number of hydrogen-bond acceptors (Lipinski definition) is 1. The van der Waals surface area contributed by atoms with Crippen molar-refractivity contribution in [2.75, 3.05) is 6.54 Å². The first-order valence-electron chi connectivity index (χ1n) is 5.77. The molecule has 1 amide bonds. The van der Waals surface area contributed by atoms with Gasteiger partial charge in [-0.15, -0.1) is 11.6 Å². The number of carbonyl (C=O) groups excluding carboxylic acids is 1. The number of rotatable bonds is 5. The van der Waals surface area contributed by atoms with Gasteiger partial charge >= 0.3 is 0 Å². The van der Waals surface area contributed by atoms with Gasteiger partial charge in [-0.25, -0.2) is 0 Å². The van der Waals surface area contributed by atoms with E-state index in [1.807, 2.05) is 0 Å². The maximum atomic E-state index is 11.9. The van der Waals surface area contributed by atoms with Crippen LogP contribution in [0.1, 0.15) is 30.6 Å². The minimum atomic E-state index is -0.214. The molecule has 0 saturated carbocycles. The second-order valence-electron chi connectivity index (χ2n) is 4.59. The SMILES string of the molecule is CC(C)CC(Cl)CNC(=O)c1cc(Cl)cc(Cl)c1. The number of nitrogens with one attached hydrogen (secondary N) is 1. The Hall–Kier alpha value is -0.440. The predicted octanol–water partition coefficient (Wildman–Crippen LogP) is 4.38. The van der Waals surface area contributed by atoms with Crippen molar-refractivity contribution < 1.29 is 4.79 Å². The van der Waals surface area contributed by atoms with Gasteiger partial charge in [-0.05, 0) is 30.5 Å². The molecule has 0 heterocycles. The maximum Gasteiger partial charge on any atom is 0.251 e. The first-order valence-corrected chi connectivity index (χ1v) is 6.96. The Balaban J connectivity index is 2.55. The molecular formula is C13H16Cl3NO. The average Bonchev–Trinajstić information content (AvgIpc) is 2.23. The molecule has 18 heavy (non-hydrogen) atoms. The maximum absolute atomic E-state index is 11.9. The van der Waals surface area contributed by atoms with Crippen molar-refractivity contribution in [3.63, 3.8) is 0 Å². The molecular weight excluding hydrogens is 293 g/mol. The normalized spacial score (nSPS) is 12.6. The van der Waals surface area contributed by atoms with Crippen LogP contribution in [0.25, 0.3) is 0 Å². The first kappa shape index (κ1) is 15.6. The Labute approximate surface area is 123 Å². The standard InChI is InChI=1S/C13H16Cl3NO/c1-8(2)3-12(16)7-17-13(18)9-4-10(14)6-11(15)5-9/h4-6,8,12H,3,7H2,1-2H3,(H,17,18). The van der Waals surface area contributed by atoms with Crippen molar-refractivity contribution in [2.24, 2.45) is 5.92 Å². The fraction of sp³-hybridized carbons (Fsp3) is 0.462. The van der Waals surface area contributed by atoms with Gasteiger partial charge in [0.2, 0.25) is 0 Å². The lowest BCUT2D eigenvalue weighted by molar-refractivity contribution is 0.0953. The molecule has 1 N–H and O–H groups in total. The van der Waals surface area contributed by atoms with Gasteiger partial charge in [0.1, 0.15) is 0 Å². The third-order valence-electron chi connectivity index (χ3n) is 2.34. The average molecular weight is 309 g/mol. The van der Waals surface area contributed by atoms with E-state index in [1.54, 1.807) is 18.2 Å². The van der Waals surface area contributed by atoms with E-state index in [0.717, 1.165) is 6.42 Å². The van der Waals surface area contributed by atoms with E-state index in [9.17, 15) is 4.79 Å². The highest BCUT2D eigenvalue weighted by Crippen LogP contribution is 2.19. The summed E-state index contributed by atoms with van der Waals surface area (Å²) in [5.74, 6) is 0.291. The van der Waals surface area contributed by atoms with Gasteiger partial charge in [0, 0.05) is 22.2 Å². The highest BCUT2D eigenvalue weighted by Gasteiger charge is 2.11. The van der Waals surface area contributed by atoms with Crippen molar-refractivity contribution >= 4 is 40.7 Å². The fourth-order valence-corrected chi connectivity index (χ4v) is 2.54. The molecule has 100 valence electrons. The van der Waals surface area contributed by atoms with E-state index in [4.69, 9.17) is 34.8 Å². The highest BCUT2D eigenvalue weighted by atomic mass is 35.5. The van der Waals surface area contributed by atoms with Gasteiger partial charge in [-0.1, -0.05) is 37.0 Å². The number of benzene rings is 1. The van der Waals surface area contributed by atoms with Crippen LogP contribution in [0.5, 0.6) is 0 Å². The van der Waals surface area contributed by atoms with Crippen LogP contribution in [0.15, 0.2) is 18.2 Å². The third-order valence-corrected chi connectivity index (χ3v) is 3.10. The van der Waals surface area contributed by atoms with Crippen LogP contribution in [-0.4, -0.2) is 17.8 Å². The molecule has 2 nitrogen and oxygen atoms in total. The van der Waals surface area contributed by atoms with Crippen LogP contribution in [0.3, 0.4) is 0 Å². The summed E-state index contributed by atoms with van der Waals surface area (Å²) in [6.45, 7) is 4.62. The molecule has 0 fully saturated rings. The largest absolute Gasteiger partial charge is 0.351 e. The molecule has 0 aliphatic heterocycles. The summed E-state index contributed by atoms with van der Waals surface area (Å²) in [5.41, 5.74) is 0.445. The number of amides is 1. The molecule has 0 saturated heterocycles. The van der Waals surface area contributed by atoms with Crippen LogP contribution < -0.4 is 5.32 Å². The molecule has 1 rings (SSSR count). The molecule has 1 aromatic carbocycles. The van der Waals surface area contributed by atoms with Crippen LogP contribution in [-0.2, 0) is 0 Å². The zero-order chi connectivity index (χ0) is 13.7. The monoisotopic (exact) mass is 307 g/mol. The van der Waals surface area contributed by atoms with Crippen molar-refractivity contribution in [3.8, 4) is 0 Å². The number of carbonyl (C=O) groups is 1. The summed E-state index contributed by atoms with van der Waals surface area (Å²) >= 11 is 17.8. The predicted molar refractivity (Wildman–Crippen MR) is 77.9 cm³/mol. The van der Waals surface area contributed by atoms with Crippen LogP contribution >= 0.6 is 34.8 Å². The molecule has 1 aromatic rings. The zero-order valence-electron chi connectivity index (χ0n) is 10.3. The second-order valence-corrected chi connectivity index (χ2v) is 6.09. The number of hydrogen-bond donors (Lipinski definition) is 1. The Kier molecular flexibility index (Phi) is 6.27. The van der Waals surface area contributed by atoms with E-state index in [2.05, 4.69) is 19.2 Å². The Morgan fingerprint density at radius 1 is 1.22 bits per heavy atom. The summed E-state index contributed by atoms with van der Waals surface area (Å²) in [4.78, 5) is 11.9. The minimum absolute atomic E-state index is 0.0661. The topological polar surface area (TPSA) is 29.1 Å². The lowest BCUT2D eigenvalue weighted by atomic mass is 10.1. The summed E-state index contributed by atoms with van der Waals surface area (Å²) in [6, 6.07) is 4.74. The van der Waals surface area contributed by atoms with Gasteiger partial charge in [0.05, 0.1) is 5.38 Å². The van der Waals surface area contributed by atoms with Crippen molar-refractivity contribution in [2.45, 2.75) is 25.6 Å². The van der Waals surface area contributed by atoms with Gasteiger partial charge in [-0.3, -0.25) is 4.79 Å². The molecule has 5 heteroatoms. The van der Waals surface area contributed by atoms with Crippen LogP contribution in [0.2, 0.25) is 10.0 Å². The van der Waals surface area contributed by atoms with E-state index >= 15 is 0 Å². The third kappa shape index (κ3) is 5.47. The van der Waals surface area contributed by atoms with Crippen molar-refractivity contribution in [1.82, 2.24) is 5.32 Å². The summed E-state index contributed by atoms with van der Waals surface area (Å²) in [7, 11) is 0. The zero-order valence-corrected chi connectivity index (χ0v) is 12.6. The smallest absolute Gasteiger partial charge is 0.251 e. The van der Waals surface area contributed by atoms with E-state index < -0.39 is 0 Å². The van der Waals surface area contributed by atoms with Gasteiger partial charge in [0.15, 0.2) is 0 Å². The van der Waals surface area contributed by atoms with Gasteiger partial charge in [-0.2, -0.15) is 0 Å². The van der Waals surface area contributed by atoms with Gasteiger partial charge < -0.3 is 5.32 Å². The summed E-state index contributed by atoms with van der Waals surface area (Å²) < 4.78 is 0. The molecule has 0 aromatic heterocycles. The van der Waals surface area contributed by atoms with Crippen molar-refractivity contribution in [1.29, 1.82) is 0 Å².